The van der Waals surface area contributed by atoms with E-state index in [-0.39, 0.29) is 23.0 Å². The number of carbonyl (C=O) groups excluding carboxylic acids is 1. The average molecular weight is 474 g/mol. The Kier molecular flexibility index (Phi) is 6.81. The third-order valence-corrected chi connectivity index (χ3v) is 5.56. The minimum Gasteiger partial charge on any atom is -0.371 e. The molecular weight excluding hydrogens is 451 g/mol. The average Bonchev–Trinajstić information content (AvgIpc) is 3.29. The fraction of sp³-hybridized carbons (Fsp3) is 0.160. The molecule has 0 fully saturated rings. The van der Waals surface area contributed by atoms with Crippen LogP contribution >= 0.6 is 0 Å². The van der Waals surface area contributed by atoms with Crippen LogP contribution < -0.4 is 10.6 Å². The minimum absolute atomic E-state index is 0.106. The van der Waals surface area contributed by atoms with Gasteiger partial charge in [0.15, 0.2) is 0 Å². The standard InChI is InChI=1S/C25H23FN6O3/c1-16(20-5-3-4-12-27-20)29-21-11-8-18(15-22(21)32(34)35)25(33)30-23(24-28-13-14-31(24)2)17-6-9-19(26)10-7-17/h3-16,23,29H,1-2H3,(H,30,33). The molecule has 9 nitrogen and oxygen atoms in total. The summed E-state index contributed by atoms with van der Waals surface area (Å²) in [5.41, 5.74) is 1.47. The number of aryl methyl sites for hydroxylation is 1. The number of amides is 1. The van der Waals surface area contributed by atoms with Crippen LogP contribution in [0.2, 0.25) is 0 Å². The van der Waals surface area contributed by atoms with Crippen LogP contribution in [-0.4, -0.2) is 25.4 Å². The highest BCUT2D eigenvalue weighted by Crippen LogP contribution is 2.29. The van der Waals surface area contributed by atoms with Crippen LogP contribution in [0, 0.1) is 15.9 Å². The molecule has 0 radical (unpaired) electrons. The summed E-state index contributed by atoms with van der Waals surface area (Å²) in [6, 6.07) is 14.4. The molecule has 0 saturated carbocycles. The lowest BCUT2D eigenvalue weighted by Crippen LogP contribution is -2.31. The van der Waals surface area contributed by atoms with Gasteiger partial charge in [-0.1, -0.05) is 18.2 Å². The Balaban J connectivity index is 1.61. The van der Waals surface area contributed by atoms with Crippen molar-refractivity contribution in [2.24, 2.45) is 7.05 Å². The van der Waals surface area contributed by atoms with Gasteiger partial charge < -0.3 is 15.2 Å². The number of hydrogen-bond acceptors (Lipinski definition) is 6. The first-order valence-corrected chi connectivity index (χ1v) is 10.8. The highest BCUT2D eigenvalue weighted by Gasteiger charge is 2.24. The molecular formula is C25H23FN6O3. The van der Waals surface area contributed by atoms with Crippen molar-refractivity contribution in [3.05, 3.63) is 118 Å². The Morgan fingerprint density at radius 3 is 2.49 bits per heavy atom. The number of nitro groups is 1. The molecule has 35 heavy (non-hydrogen) atoms. The number of aromatic nitrogens is 3. The summed E-state index contributed by atoms with van der Waals surface area (Å²) >= 11 is 0. The summed E-state index contributed by atoms with van der Waals surface area (Å²) in [4.78, 5) is 33.0. The molecule has 2 unspecified atom stereocenters. The zero-order valence-corrected chi connectivity index (χ0v) is 19.1. The predicted octanol–water partition coefficient (Wildman–Crippen LogP) is 4.55. The van der Waals surface area contributed by atoms with Crippen LogP contribution in [0.15, 0.2) is 79.3 Å². The summed E-state index contributed by atoms with van der Waals surface area (Å²) in [5.74, 6) is -0.408. The van der Waals surface area contributed by atoms with E-state index in [0.717, 1.165) is 5.69 Å². The monoisotopic (exact) mass is 474 g/mol. The van der Waals surface area contributed by atoms with Crippen molar-refractivity contribution in [3.8, 4) is 0 Å². The van der Waals surface area contributed by atoms with Crippen LogP contribution in [0.5, 0.6) is 0 Å². The first-order valence-electron chi connectivity index (χ1n) is 10.8. The molecule has 2 atom stereocenters. The van der Waals surface area contributed by atoms with Gasteiger partial charge in [-0.2, -0.15) is 0 Å². The first-order chi connectivity index (χ1) is 16.8. The van der Waals surface area contributed by atoms with Crippen molar-refractivity contribution in [1.82, 2.24) is 19.9 Å². The lowest BCUT2D eigenvalue weighted by Gasteiger charge is -2.20. The van der Waals surface area contributed by atoms with Gasteiger partial charge in [-0.05, 0) is 48.9 Å². The fourth-order valence-electron chi connectivity index (χ4n) is 3.71. The Labute approximate surface area is 200 Å². The quantitative estimate of drug-likeness (QED) is 0.286. The molecule has 10 heteroatoms. The van der Waals surface area contributed by atoms with Crippen molar-refractivity contribution in [2.75, 3.05) is 5.32 Å². The number of carbonyl (C=O) groups is 1. The Morgan fingerprint density at radius 2 is 1.86 bits per heavy atom. The fourth-order valence-corrected chi connectivity index (χ4v) is 3.71. The molecule has 2 aromatic carbocycles. The summed E-state index contributed by atoms with van der Waals surface area (Å²) in [5, 5.41) is 17.7. The van der Waals surface area contributed by atoms with Crippen molar-refractivity contribution >= 4 is 17.3 Å². The number of pyridine rings is 1. The zero-order valence-electron chi connectivity index (χ0n) is 19.1. The number of rotatable bonds is 8. The second-order valence-corrected chi connectivity index (χ2v) is 7.96. The molecule has 2 N–H and O–H groups in total. The molecule has 0 spiro atoms. The SMILES string of the molecule is CC(Nc1ccc(C(=O)NC(c2ccc(F)cc2)c2nccn2C)cc1[N+](=O)[O-])c1ccccn1. The molecule has 178 valence electrons. The molecule has 0 bridgehead atoms. The van der Waals surface area contributed by atoms with E-state index in [0.29, 0.717) is 11.4 Å². The number of nitro benzene ring substituents is 1. The maximum Gasteiger partial charge on any atom is 0.293 e. The van der Waals surface area contributed by atoms with Crippen LogP contribution in [-0.2, 0) is 7.05 Å². The molecule has 2 heterocycles. The highest BCUT2D eigenvalue weighted by atomic mass is 19.1. The molecule has 4 aromatic rings. The molecule has 0 aliphatic rings. The largest absolute Gasteiger partial charge is 0.371 e. The normalized spacial score (nSPS) is 12.5. The summed E-state index contributed by atoms with van der Waals surface area (Å²) < 4.78 is 15.2. The van der Waals surface area contributed by atoms with E-state index in [2.05, 4.69) is 20.6 Å². The number of halogens is 1. The Morgan fingerprint density at radius 1 is 1.09 bits per heavy atom. The second-order valence-electron chi connectivity index (χ2n) is 7.96. The van der Waals surface area contributed by atoms with Gasteiger partial charge in [0, 0.05) is 37.3 Å². The third kappa shape index (κ3) is 5.32. The van der Waals surface area contributed by atoms with E-state index in [4.69, 9.17) is 0 Å². The zero-order chi connectivity index (χ0) is 24.9. The lowest BCUT2D eigenvalue weighted by molar-refractivity contribution is -0.384. The van der Waals surface area contributed by atoms with Crippen molar-refractivity contribution < 1.29 is 14.1 Å². The van der Waals surface area contributed by atoms with Crippen LogP contribution in [0.3, 0.4) is 0 Å². The van der Waals surface area contributed by atoms with E-state index >= 15 is 0 Å². The third-order valence-electron chi connectivity index (χ3n) is 5.56. The molecule has 2 aromatic heterocycles. The van der Waals surface area contributed by atoms with Crippen molar-refractivity contribution in [3.63, 3.8) is 0 Å². The van der Waals surface area contributed by atoms with Gasteiger partial charge in [0.1, 0.15) is 23.4 Å². The van der Waals surface area contributed by atoms with E-state index < -0.39 is 22.7 Å². The topological polar surface area (TPSA) is 115 Å². The number of hydrogen-bond donors (Lipinski definition) is 2. The summed E-state index contributed by atoms with van der Waals surface area (Å²) in [6.45, 7) is 1.84. The van der Waals surface area contributed by atoms with Gasteiger partial charge in [-0.15, -0.1) is 0 Å². The first kappa shape index (κ1) is 23.6. The number of nitrogens with zero attached hydrogens (tertiary/aromatic N) is 4. The molecule has 0 aliphatic heterocycles. The second kappa shape index (κ2) is 10.1. The van der Waals surface area contributed by atoms with E-state index in [1.165, 1.54) is 30.3 Å². The Hall–Kier alpha value is -4.60. The van der Waals surface area contributed by atoms with Crippen LogP contribution in [0.25, 0.3) is 0 Å². The number of anilines is 1. The predicted molar refractivity (Wildman–Crippen MR) is 128 cm³/mol. The lowest BCUT2D eigenvalue weighted by atomic mass is 10.0. The number of nitrogens with one attached hydrogen (secondary N) is 2. The molecule has 4 rings (SSSR count). The van der Waals surface area contributed by atoms with Gasteiger partial charge in [-0.25, -0.2) is 9.37 Å². The number of imidazole rings is 1. The van der Waals surface area contributed by atoms with Gasteiger partial charge in [0.05, 0.1) is 16.7 Å². The number of benzene rings is 2. The van der Waals surface area contributed by atoms with Crippen molar-refractivity contribution in [2.45, 2.75) is 19.0 Å². The van der Waals surface area contributed by atoms with Crippen LogP contribution in [0.4, 0.5) is 15.8 Å². The molecule has 0 saturated heterocycles. The van der Waals surface area contributed by atoms with E-state index in [1.54, 1.807) is 48.4 Å². The summed E-state index contributed by atoms with van der Waals surface area (Å²) in [6.07, 6.45) is 4.96. The smallest absolute Gasteiger partial charge is 0.293 e. The highest BCUT2D eigenvalue weighted by molar-refractivity contribution is 5.96. The van der Waals surface area contributed by atoms with Gasteiger partial charge >= 0.3 is 0 Å². The maximum absolute atomic E-state index is 13.5. The molecule has 1 amide bonds. The molecule has 0 aliphatic carbocycles. The van der Waals surface area contributed by atoms with Crippen LogP contribution in [0.1, 0.15) is 46.4 Å². The van der Waals surface area contributed by atoms with Crippen molar-refractivity contribution in [1.29, 1.82) is 0 Å². The Bertz CT molecular complexity index is 1340. The van der Waals surface area contributed by atoms with E-state index in [1.807, 2.05) is 19.1 Å². The van der Waals surface area contributed by atoms with E-state index in [9.17, 15) is 19.3 Å². The maximum atomic E-state index is 13.5. The minimum atomic E-state index is -0.691. The van der Waals surface area contributed by atoms with Gasteiger partial charge in [-0.3, -0.25) is 19.9 Å². The summed E-state index contributed by atoms with van der Waals surface area (Å²) in [7, 11) is 1.78. The van der Waals surface area contributed by atoms with Gasteiger partial charge in [0.2, 0.25) is 0 Å². The van der Waals surface area contributed by atoms with Gasteiger partial charge in [0.25, 0.3) is 11.6 Å².